The van der Waals surface area contributed by atoms with Crippen LogP contribution in [0, 0.1) is 40.5 Å². The summed E-state index contributed by atoms with van der Waals surface area (Å²) in [5, 5.41) is 41.0. The zero-order valence-corrected chi connectivity index (χ0v) is 8.29. The minimum atomic E-state index is -4.05. The van der Waals surface area contributed by atoms with Crippen molar-refractivity contribution in [2.24, 2.45) is 11.7 Å². The van der Waals surface area contributed by atoms with E-state index in [0.29, 0.717) is 6.92 Å². The van der Waals surface area contributed by atoms with Gasteiger partial charge in [0.25, 0.3) is 0 Å². The lowest BCUT2D eigenvalue weighted by Gasteiger charge is -2.09. The molecule has 0 aliphatic carbocycles. The molecule has 0 spiro atoms. The molecule has 14 nitrogen and oxygen atoms in total. The van der Waals surface area contributed by atoms with Crippen LogP contribution in [0.4, 0.5) is 0 Å². The van der Waals surface area contributed by atoms with Crippen LogP contribution in [0.5, 0.6) is 0 Å². The van der Waals surface area contributed by atoms with Gasteiger partial charge in [-0.2, -0.15) is 0 Å². The van der Waals surface area contributed by atoms with Gasteiger partial charge in [0.15, 0.2) is 14.8 Å². The maximum absolute atomic E-state index is 10.3. The molecular formula is C3H8N6O8. The zero-order chi connectivity index (χ0) is 14.4. The van der Waals surface area contributed by atoms with Crippen LogP contribution in [-0.4, -0.2) is 31.5 Å². The van der Waals surface area contributed by atoms with Crippen LogP contribution in [0.2, 0.25) is 0 Å². The molecule has 0 amide bonds. The van der Waals surface area contributed by atoms with E-state index in [4.69, 9.17) is 0 Å². The third-order valence-corrected chi connectivity index (χ3v) is 1.68. The van der Waals surface area contributed by atoms with Gasteiger partial charge in [-0.3, -0.25) is 52.1 Å². The normalized spacial score (nSPS) is 11.7. The quantitative estimate of drug-likeness (QED) is 0.236. The third kappa shape index (κ3) is 2.75. The van der Waals surface area contributed by atoms with Crippen molar-refractivity contribution in [1.29, 1.82) is 0 Å². The highest BCUT2D eigenvalue weighted by Gasteiger charge is 2.81. The first-order valence-electron chi connectivity index (χ1n) is 3.59. The van der Waals surface area contributed by atoms with Crippen molar-refractivity contribution >= 4 is 0 Å². The van der Waals surface area contributed by atoms with Crippen LogP contribution in [0.25, 0.3) is 0 Å². The first kappa shape index (κ1) is 16.9. The molecule has 17 heavy (non-hydrogen) atoms. The highest BCUT2D eigenvalue weighted by molar-refractivity contribution is 4.62. The van der Waals surface area contributed by atoms with Crippen LogP contribution in [0.15, 0.2) is 0 Å². The van der Waals surface area contributed by atoms with Gasteiger partial charge in [-0.15, -0.1) is 0 Å². The largest absolute Gasteiger partial charge is 0.766 e. The molecule has 0 aromatic heterocycles. The van der Waals surface area contributed by atoms with Crippen LogP contribution in [0.3, 0.4) is 0 Å². The Morgan fingerprint density at radius 1 is 0.882 bits per heavy atom. The number of nitrogens with zero attached hydrogens (tertiary/aromatic N) is 4. The van der Waals surface area contributed by atoms with Gasteiger partial charge in [-0.05, 0) is 0 Å². The molecule has 0 heterocycles. The maximum Gasteiger partial charge on any atom is 0.766 e. The highest BCUT2D eigenvalue weighted by atomic mass is 16.7. The van der Waals surface area contributed by atoms with E-state index in [9.17, 15) is 40.5 Å². The number of hydrogen-bond acceptors (Lipinski definition) is 10. The van der Waals surface area contributed by atoms with E-state index in [1.54, 1.807) is 0 Å². The Balaban J connectivity index is 0. The molecular weight excluding hydrogens is 248 g/mol. The average Bonchev–Trinajstić information content (AvgIpc) is 2.19. The molecule has 0 rings (SSSR count). The van der Waals surface area contributed by atoms with Gasteiger partial charge in [-0.1, -0.05) is 0 Å². The molecule has 0 aromatic rings. The summed E-state index contributed by atoms with van der Waals surface area (Å²) in [6, 6.07) is -2.59. The number of hydrazine groups is 1. The standard InChI is InChI=1S/C3H4N4O8.H4N2/c1-2(4(8)9)3(5(10)11,6(12)13)7(14)15;1-2/h2H,1H3;1-2H2. The first-order chi connectivity index (χ1) is 7.68. The first-order valence-corrected chi connectivity index (χ1v) is 3.59. The minimum Gasteiger partial charge on any atom is -0.274 e. The summed E-state index contributed by atoms with van der Waals surface area (Å²) in [5.41, 5.74) is 0. The van der Waals surface area contributed by atoms with Gasteiger partial charge in [0, 0.05) is 11.8 Å². The van der Waals surface area contributed by atoms with Crippen LogP contribution in [0.1, 0.15) is 6.92 Å². The fourth-order valence-electron chi connectivity index (χ4n) is 0.799. The van der Waals surface area contributed by atoms with Crippen molar-refractivity contribution < 1.29 is 19.7 Å². The Bertz CT molecular complexity index is 304. The fraction of sp³-hybridized carbons (Fsp3) is 1.00. The summed E-state index contributed by atoms with van der Waals surface area (Å²) in [6.07, 6.45) is 0. The minimum absolute atomic E-state index is 0.425. The predicted octanol–water partition coefficient (Wildman–Crippen LogP) is -2.05. The smallest absolute Gasteiger partial charge is 0.274 e. The van der Waals surface area contributed by atoms with Crippen molar-refractivity contribution in [1.82, 2.24) is 0 Å². The van der Waals surface area contributed by atoms with E-state index in [1.165, 1.54) is 0 Å². The number of nitrogens with two attached hydrogens (primary N) is 2. The Hall–Kier alpha value is -2.48. The summed E-state index contributed by atoms with van der Waals surface area (Å²) in [6.45, 7) is 0.425. The number of rotatable bonds is 5. The summed E-state index contributed by atoms with van der Waals surface area (Å²) in [5.74, 6) is 3.95. The van der Waals surface area contributed by atoms with Gasteiger partial charge in [0.1, 0.15) is 0 Å². The van der Waals surface area contributed by atoms with E-state index in [2.05, 4.69) is 11.7 Å². The van der Waals surface area contributed by atoms with Crippen molar-refractivity contribution in [2.75, 3.05) is 0 Å². The monoisotopic (exact) mass is 256 g/mol. The molecule has 98 valence electrons. The fourth-order valence-corrected chi connectivity index (χ4v) is 0.799. The van der Waals surface area contributed by atoms with Crippen LogP contribution in [-0.2, 0) is 0 Å². The van der Waals surface area contributed by atoms with Gasteiger partial charge in [0.2, 0.25) is 0 Å². The SMILES string of the molecule is CC([N+](=O)[O-])C([N+](=O)[O-])([N+](=O)[O-])[N+](=O)[O-].NN. The van der Waals surface area contributed by atoms with E-state index >= 15 is 0 Å². The van der Waals surface area contributed by atoms with E-state index in [1.807, 2.05) is 0 Å². The van der Waals surface area contributed by atoms with Gasteiger partial charge >= 0.3 is 11.8 Å². The molecule has 0 saturated heterocycles. The van der Waals surface area contributed by atoms with Crippen LogP contribution < -0.4 is 11.7 Å². The molecule has 0 bridgehead atoms. The van der Waals surface area contributed by atoms with Gasteiger partial charge in [-0.25, -0.2) is 0 Å². The molecule has 14 heteroatoms. The lowest BCUT2D eigenvalue weighted by molar-refractivity contribution is -0.992. The van der Waals surface area contributed by atoms with E-state index < -0.39 is 31.5 Å². The topological polar surface area (TPSA) is 225 Å². The number of hydrogen-bond donors (Lipinski definition) is 2. The second-order valence-corrected chi connectivity index (χ2v) is 2.42. The predicted molar refractivity (Wildman–Crippen MR) is 48.5 cm³/mol. The summed E-state index contributed by atoms with van der Waals surface area (Å²) >= 11 is 0. The second kappa shape index (κ2) is 6.18. The second-order valence-electron chi connectivity index (χ2n) is 2.42. The lowest BCUT2D eigenvalue weighted by Crippen LogP contribution is -2.62. The Morgan fingerprint density at radius 3 is 1.18 bits per heavy atom. The molecule has 0 radical (unpaired) electrons. The van der Waals surface area contributed by atoms with E-state index in [0.717, 1.165) is 0 Å². The maximum atomic E-state index is 10.3. The molecule has 0 aromatic carbocycles. The highest BCUT2D eigenvalue weighted by Crippen LogP contribution is 2.19. The number of nitro groups is 4. The Labute approximate surface area is 91.7 Å². The molecule has 1 unspecified atom stereocenters. The van der Waals surface area contributed by atoms with Crippen molar-refractivity contribution in [2.45, 2.75) is 18.8 Å². The summed E-state index contributed by atoms with van der Waals surface area (Å²) < 4.78 is 0. The van der Waals surface area contributed by atoms with Gasteiger partial charge < -0.3 is 0 Å². The molecule has 0 aliphatic heterocycles. The third-order valence-electron chi connectivity index (χ3n) is 1.68. The zero-order valence-electron chi connectivity index (χ0n) is 8.29. The van der Waals surface area contributed by atoms with Crippen molar-refractivity contribution in [3.63, 3.8) is 0 Å². The van der Waals surface area contributed by atoms with Crippen molar-refractivity contribution in [3.05, 3.63) is 40.5 Å². The molecule has 4 N–H and O–H groups in total. The molecule has 0 fully saturated rings. The summed E-state index contributed by atoms with van der Waals surface area (Å²) in [4.78, 5) is 33.8. The molecule has 0 saturated carbocycles. The summed E-state index contributed by atoms with van der Waals surface area (Å²) in [7, 11) is 0. The van der Waals surface area contributed by atoms with E-state index in [-0.39, 0.29) is 0 Å². The lowest BCUT2D eigenvalue weighted by atomic mass is 10.2. The van der Waals surface area contributed by atoms with Crippen molar-refractivity contribution in [3.8, 4) is 0 Å². The van der Waals surface area contributed by atoms with Gasteiger partial charge in [0.05, 0.1) is 0 Å². The Morgan fingerprint density at radius 2 is 1.12 bits per heavy atom. The molecule has 1 atom stereocenters. The average molecular weight is 256 g/mol. The van der Waals surface area contributed by atoms with Crippen LogP contribution >= 0.6 is 0 Å². The molecule has 0 aliphatic rings. The Kier molecular flexibility index (Phi) is 6.15.